The molecule has 1 aliphatic heterocycles. The van der Waals surface area contributed by atoms with Gasteiger partial charge in [0, 0.05) is 9.65 Å². The maximum atomic E-state index is 13.2. The lowest BCUT2D eigenvalue weighted by Gasteiger charge is -2.46. The molecule has 2 bridgehead atoms. The van der Waals surface area contributed by atoms with Gasteiger partial charge in [0.2, 0.25) is 0 Å². The van der Waals surface area contributed by atoms with Crippen molar-refractivity contribution in [2.75, 3.05) is 0 Å². The van der Waals surface area contributed by atoms with Crippen LogP contribution in [0.2, 0.25) is 0 Å². The number of esters is 1. The first-order valence-electron chi connectivity index (χ1n) is 12.3. The van der Waals surface area contributed by atoms with Gasteiger partial charge in [0.25, 0.3) is 0 Å². The van der Waals surface area contributed by atoms with Crippen molar-refractivity contribution in [1.29, 1.82) is 0 Å². The van der Waals surface area contributed by atoms with Gasteiger partial charge in [0.1, 0.15) is 11.9 Å². The summed E-state index contributed by atoms with van der Waals surface area (Å²) in [7, 11) is 0. The standard InChI is InChI=1S/C28H39Br3O3/c1-17-7-10-23(30)28(6)14-11-22(29)26(2,3)13-12-24(27(4,5)31)34-25(33)18-8-9-21(32)19(15-18)16-20(17)28/h7-9,15,20,22-24,32H,10-14,16H2,1-6H3/t20-,22-,23+,24+,28+/m1/s1. The molecule has 0 saturated carbocycles. The highest BCUT2D eigenvalue weighted by Crippen LogP contribution is 2.51. The Bertz CT molecular complexity index is 933. The normalized spacial score (nSPS) is 33.1. The van der Waals surface area contributed by atoms with E-state index in [4.69, 9.17) is 4.74 Å². The number of ether oxygens (including phenoxy) is 1. The number of carbonyl (C=O) groups excluding carboxylic acids is 1. The molecule has 1 heterocycles. The van der Waals surface area contributed by atoms with Crippen LogP contribution in [0.25, 0.3) is 0 Å². The van der Waals surface area contributed by atoms with Crippen LogP contribution in [-0.4, -0.2) is 31.2 Å². The number of rotatable bonds is 1. The van der Waals surface area contributed by atoms with Gasteiger partial charge in [-0.2, -0.15) is 0 Å². The first-order chi connectivity index (χ1) is 15.6. The third-order valence-electron chi connectivity index (χ3n) is 8.30. The summed E-state index contributed by atoms with van der Waals surface area (Å²) < 4.78 is 5.72. The van der Waals surface area contributed by atoms with Crippen LogP contribution < -0.4 is 0 Å². The summed E-state index contributed by atoms with van der Waals surface area (Å²) >= 11 is 11.8. The number of aromatic hydroxyl groups is 1. The van der Waals surface area contributed by atoms with Crippen molar-refractivity contribution >= 4 is 53.8 Å². The number of carbonyl (C=O) groups is 1. The van der Waals surface area contributed by atoms with E-state index in [-0.39, 0.29) is 38.9 Å². The molecule has 190 valence electrons. The van der Waals surface area contributed by atoms with Crippen LogP contribution in [0.15, 0.2) is 29.8 Å². The van der Waals surface area contributed by atoms with Crippen molar-refractivity contribution in [3.63, 3.8) is 0 Å². The summed E-state index contributed by atoms with van der Waals surface area (Å²) in [6, 6.07) is 5.14. The Labute approximate surface area is 230 Å². The lowest BCUT2D eigenvalue weighted by Crippen LogP contribution is -2.41. The minimum Gasteiger partial charge on any atom is -0.508 e. The van der Waals surface area contributed by atoms with E-state index in [0.717, 1.165) is 37.7 Å². The molecule has 1 aliphatic carbocycles. The number of fused-ring (bicyclic) bond motifs is 3. The SMILES string of the molecule is CC1=CC[C@H](Br)[C@@]2(C)CC[C@@H](Br)C(C)(C)CC[C@@H](C(C)(C)Br)OC(=O)c3ccc(O)c(c3)C[C@H]12. The molecule has 0 saturated heterocycles. The van der Waals surface area contributed by atoms with Crippen molar-refractivity contribution in [3.05, 3.63) is 41.0 Å². The molecule has 1 aromatic rings. The number of halogens is 3. The Hall–Kier alpha value is -0.330. The highest BCUT2D eigenvalue weighted by Gasteiger charge is 2.44. The van der Waals surface area contributed by atoms with E-state index in [9.17, 15) is 9.90 Å². The molecule has 0 unspecified atom stereocenters. The van der Waals surface area contributed by atoms with Crippen molar-refractivity contribution in [1.82, 2.24) is 0 Å². The Morgan fingerprint density at radius 3 is 2.41 bits per heavy atom. The summed E-state index contributed by atoms with van der Waals surface area (Å²) in [6.45, 7) is 13.3. The van der Waals surface area contributed by atoms with Gasteiger partial charge in [-0.25, -0.2) is 4.79 Å². The monoisotopic (exact) mass is 660 g/mol. The average Bonchev–Trinajstić information content (AvgIpc) is 2.75. The number of benzene rings is 1. The average molecular weight is 663 g/mol. The number of hydrogen-bond donors (Lipinski definition) is 1. The summed E-state index contributed by atoms with van der Waals surface area (Å²) in [5.41, 5.74) is 2.75. The molecule has 0 radical (unpaired) electrons. The molecule has 1 aromatic carbocycles. The molecular formula is C28H39Br3O3. The molecule has 0 aromatic heterocycles. The fourth-order valence-corrected chi connectivity index (χ4v) is 7.00. The fourth-order valence-electron chi connectivity index (χ4n) is 5.49. The maximum Gasteiger partial charge on any atom is 0.338 e. The van der Waals surface area contributed by atoms with Crippen LogP contribution in [0.5, 0.6) is 5.75 Å². The predicted molar refractivity (Wildman–Crippen MR) is 152 cm³/mol. The zero-order chi connectivity index (χ0) is 25.5. The summed E-state index contributed by atoms with van der Waals surface area (Å²) in [4.78, 5) is 13.9. The molecule has 1 N–H and O–H groups in total. The third-order valence-corrected chi connectivity index (χ3v) is 11.9. The lowest BCUT2D eigenvalue weighted by molar-refractivity contribution is 0.0178. The summed E-state index contributed by atoms with van der Waals surface area (Å²) in [6.07, 6.45) is 7.60. The van der Waals surface area contributed by atoms with Crippen molar-refractivity contribution < 1.29 is 14.6 Å². The van der Waals surface area contributed by atoms with E-state index in [1.807, 2.05) is 6.07 Å². The van der Waals surface area contributed by atoms with Gasteiger partial charge in [-0.1, -0.05) is 80.2 Å². The molecule has 34 heavy (non-hydrogen) atoms. The molecule has 5 atom stereocenters. The molecule has 0 fully saturated rings. The van der Waals surface area contributed by atoms with Crippen LogP contribution in [0, 0.1) is 16.7 Å². The number of allylic oxidation sites excluding steroid dienone is 2. The maximum absolute atomic E-state index is 13.2. The number of hydrogen-bond acceptors (Lipinski definition) is 3. The van der Waals surface area contributed by atoms with E-state index < -0.39 is 0 Å². The molecule has 0 spiro atoms. The van der Waals surface area contributed by atoms with Crippen molar-refractivity contribution in [2.45, 2.75) is 100 Å². The smallest absolute Gasteiger partial charge is 0.338 e. The van der Waals surface area contributed by atoms with Gasteiger partial charge in [0.05, 0.1) is 9.89 Å². The Balaban J connectivity index is 2.07. The Kier molecular flexibility index (Phi) is 8.78. The highest BCUT2D eigenvalue weighted by molar-refractivity contribution is 9.10. The third kappa shape index (κ3) is 6.14. The second kappa shape index (κ2) is 10.6. The second-order valence-electron chi connectivity index (χ2n) is 11.7. The highest BCUT2D eigenvalue weighted by atomic mass is 79.9. The number of cyclic esters (lactones) is 1. The Morgan fingerprint density at radius 1 is 1.09 bits per heavy atom. The number of phenols is 1. The zero-order valence-corrected chi connectivity index (χ0v) is 26.0. The van der Waals surface area contributed by atoms with E-state index >= 15 is 0 Å². The molecule has 0 amide bonds. The van der Waals surface area contributed by atoms with E-state index in [2.05, 4.69) is 95.4 Å². The summed E-state index contributed by atoms with van der Waals surface area (Å²) in [5.74, 6) is 0.174. The largest absolute Gasteiger partial charge is 0.508 e. The van der Waals surface area contributed by atoms with Crippen LogP contribution in [0.4, 0.5) is 0 Å². The predicted octanol–water partition coefficient (Wildman–Crippen LogP) is 8.73. The van der Waals surface area contributed by atoms with Crippen molar-refractivity contribution in [3.8, 4) is 5.75 Å². The van der Waals surface area contributed by atoms with Gasteiger partial charge in [-0.05, 0) is 99.8 Å². The molecule has 3 nitrogen and oxygen atoms in total. The van der Waals surface area contributed by atoms with E-state index in [0.29, 0.717) is 21.6 Å². The van der Waals surface area contributed by atoms with E-state index in [1.165, 1.54) is 5.57 Å². The first kappa shape index (κ1) is 28.2. The van der Waals surface area contributed by atoms with Crippen LogP contribution >= 0.6 is 47.8 Å². The van der Waals surface area contributed by atoms with E-state index in [1.54, 1.807) is 12.1 Å². The minimum absolute atomic E-state index is 0.0322. The first-order valence-corrected chi connectivity index (χ1v) is 14.9. The van der Waals surface area contributed by atoms with Crippen LogP contribution in [-0.2, 0) is 11.2 Å². The minimum atomic E-state index is -0.345. The second-order valence-corrected chi connectivity index (χ2v) is 16.0. The van der Waals surface area contributed by atoms with Gasteiger partial charge in [0.15, 0.2) is 0 Å². The number of alkyl halides is 3. The van der Waals surface area contributed by atoms with Crippen molar-refractivity contribution in [2.24, 2.45) is 16.7 Å². The molecular weight excluding hydrogens is 624 g/mol. The molecule has 2 aliphatic rings. The van der Waals surface area contributed by atoms with Gasteiger partial charge in [-0.15, -0.1) is 0 Å². The van der Waals surface area contributed by atoms with Crippen LogP contribution in [0.3, 0.4) is 0 Å². The lowest BCUT2D eigenvalue weighted by atomic mass is 9.62. The quantitative estimate of drug-likeness (QED) is 0.186. The Morgan fingerprint density at radius 2 is 1.76 bits per heavy atom. The van der Waals surface area contributed by atoms with Gasteiger partial charge >= 0.3 is 5.97 Å². The molecule has 3 rings (SSSR count). The van der Waals surface area contributed by atoms with Crippen LogP contribution in [0.1, 0.15) is 89.6 Å². The fraction of sp³-hybridized carbons (Fsp3) is 0.679. The number of phenolic OH excluding ortho intramolecular Hbond substituents is 1. The van der Waals surface area contributed by atoms with Gasteiger partial charge < -0.3 is 9.84 Å². The van der Waals surface area contributed by atoms with Gasteiger partial charge in [-0.3, -0.25) is 0 Å². The molecule has 6 heteroatoms. The summed E-state index contributed by atoms with van der Waals surface area (Å²) in [5, 5.41) is 10.7. The zero-order valence-electron chi connectivity index (χ0n) is 21.3. The topological polar surface area (TPSA) is 46.5 Å².